The molecule has 1 amide bonds. The number of carboxylic acid groups (broad SMARTS) is 1. The highest BCUT2D eigenvalue weighted by atomic mass is 32.1. The van der Waals surface area contributed by atoms with E-state index in [1.165, 1.54) is 35.5 Å². The highest BCUT2D eigenvalue weighted by molar-refractivity contribution is 7.11. The van der Waals surface area contributed by atoms with Crippen LogP contribution in [0.1, 0.15) is 15.4 Å². The number of methoxy groups -OCH3 is 1. The van der Waals surface area contributed by atoms with Crippen LogP contribution in [0, 0.1) is 11.6 Å². The molecule has 1 unspecified atom stereocenters. The van der Waals surface area contributed by atoms with Gasteiger partial charge in [-0.2, -0.15) is 0 Å². The third kappa shape index (κ3) is 7.33. The van der Waals surface area contributed by atoms with Crippen molar-refractivity contribution in [3.63, 3.8) is 0 Å². The number of anilines is 1. The van der Waals surface area contributed by atoms with E-state index in [-0.39, 0.29) is 18.3 Å². The third-order valence-electron chi connectivity index (χ3n) is 7.51. The summed E-state index contributed by atoms with van der Waals surface area (Å²) in [5.74, 6) is -4.25. The molecule has 1 atom stereocenters. The molecule has 15 heteroatoms. The number of piperazine rings is 1. The number of hydrogen-bond acceptors (Lipinski definition) is 11. The van der Waals surface area contributed by atoms with Gasteiger partial charge < -0.3 is 24.8 Å². The van der Waals surface area contributed by atoms with E-state index in [1.807, 2.05) is 12.4 Å². The number of ether oxygens (including phenoxy) is 2. The summed E-state index contributed by atoms with van der Waals surface area (Å²) in [5, 5.41) is 14.8. The molecule has 0 radical (unpaired) electrons. The predicted molar refractivity (Wildman–Crippen MR) is 162 cm³/mol. The first kappa shape index (κ1) is 31.7. The molecule has 1 saturated heterocycles. The summed E-state index contributed by atoms with van der Waals surface area (Å²) in [7, 11) is 3.31. The smallest absolute Gasteiger partial charge is 0.337 e. The van der Waals surface area contributed by atoms with Gasteiger partial charge in [-0.1, -0.05) is 0 Å². The Kier molecular flexibility index (Phi) is 9.80. The van der Waals surface area contributed by atoms with Crippen molar-refractivity contribution in [2.24, 2.45) is 4.99 Å². The van der Waals surface area contributed by atoms with E-state index in [0.29, 0.717) is 61.0 Å². The molecule has 2 aromatic carbocycles. The summed E-state index contributed by atoms with van der Waals surface area (Å²) in [6.07, 6.45) is 2.40. The van der Waals surface area contributed by atoms with Gasteiger partial charge in [0.05, 0.1) is 24.8 Å². The molecule has 0 spiro atoms. The molecule has 1 fully saturated rings. The number of carbonyl (C=O) groups is 3. The Morgan fingerprint density at radius 2 is 1.93 bits per heavy atom. The Morgan fingerprint density at radius 1 is 1.20 bits per heavy atom. The number of hydrogen-bond donors (Lipinski definition) is 2. The summed E-state index contributed by atoms with van der Waals surface area (Å²) < 4.78 is 39.0. The van der Waals surface area contributed by atoms with E-state index < -0.39 is 34.9 Å². The lowest BCUT2D eigenvalue weighted by atomic mass is 10.1. The van der Waals surface area contributed by atoms with Crippen LogP contribution in [0.25, 0.3) is 0 Å². The number of carbonyl (C=O) groups excluding carboxylic acids is 2. The van der Waals surface area contributed by atoms with E-state index in [4.69, 9.17) is 14.6 Å². The predicted octanol–water partition coefficient (Wildman–Crippen LogP) is 2.97. The van der Waals surface area contributed by atoms with Gasteiger partial charge in [0.2, 0.25) is 6.41 Å². The third-order valence-corrected chi connectivity index (χ3v) is 8.29. The Hall–Kier alpha value is -4.73. The number of aromatic nitrogens is 1. The second-order valence-corrected chi connectivity index (χ2v) is 11.3. The number of halogens is 2. The maximum atomic E-state index is 14.3. The van der Waals surface area contributed by atoms with Crippen LogP contribution in [0.4, 0.5) is 14.5 Å². The van der Waals surface area contributed by atoms with Crippen molar-refractivity contribution in [2.75, 3.05) is 58.3 Å². The molecule has 2 aliphatic rings. The molecule has 3 aromatic rings. The summed E-state index contributed by atoms with van der Waals surface area (Å²) in [6, 6.07) is 7.40. The molecule has 0 aliphatic carbocycles. The molecule has 236 valence electrons. The van der Waals surface area contributed by atoms with Gasteiger partial charge in [-0.15, -0.1) is 11.3 Å². The highest BCUT2D eigenvalue weighted by Crippen LogP contribution is 2.30. The fourth-order valence-corrected chi connectivity index (χ4v) is 5.63. The zero-order valence-electron chi connectivity index (χ0n) is 24.4. The van der Waals surface area contributed by atoms with Crippen LogP contribution in [0.5, 0.6) is 11.5 Å². The fourth-order valence-electron chi connectivity index (χ4n) is 5.03. The average molecular weight is 641 g/mol. The number of nitrogens with zero attached hydrogens (tertiary/aromatic N) is 5. The van der Waals surface area contributed by atoms with Crippen LogP contribution in [0.3, 0.4) is 0 Å². The van der Waals surface area contributed by atoms with Crippen molar-refractivity contribution in [3.8, 4) is 11.5 Å². The molecular formula is C30H30F2N6O6S. The zero-order chi connectivity index (χ0) is 32.1. The number of benzene rings is 2. The molecule has 2 N–H and O–H groups in total. The Balaban J connectivity index is 1.25. The number of aromatic carboxylic acids is 1. The Labute approximate surface area is 261 Å². The van der Waals surface area contributed by atoms with Crippen LogP contribution in [0.2, 0.25) is 0 Å². The largest absolute Gasteiger partial charge is 0.478 e. The minimum atomic E-state index is -1.46. The van der Waals surface area contributed by atoms with E-state index in [9.17, 15) is 23.2 Å². The van der Waals surface area contributed by atoms with Crippen molar-refractivity contribution >= 4 is 41.2 Å². The van der Waals surface area contributed by atoms with Gasteiger partial charge in [0.25, 0.3) is 0 Å². The summed E-state index contributed by atoms with van der Waals surface area (Å²) in [4.78, 5) is 50.4. The van der Waals surface area contributed by atoms with Crippen LogP contribution >= 0.6 is 11.3 Å². The number of rotatable bonds is 11. The lowest BCUT2D eigenvalue weighted by Gasteiger charge is -2.41. The topological polar surface area (TPSA) is 137 Å². The van der Waals surface area contributed by atoms with Gasteiger partial charge in [0.1, 0.15) is 5.75 Å². The molecule has 3 heterocycles. The summed E-state index contributed by atoms with van der Waals surface area (Å²) >= 11 is 1.44. The van der Waals surface area contributed by atoms with Crippen LogP contribution in [-0.2, 0) is 14.3 Å². The number of likely N-dealkylation sites (N-methyl/N-ethyl adjacent to an activating group) is 1. The fraction of sp³-hybridized carbons (Fsp3) is 0.300. The standard InChI is InChI=1S/C30H30F2N6O6S/c1-36-8-9-37(16-25-22(30(42)43-2)13-34-27(35-25)28-33-7-10-45-28)14-20(36)15-38(17-39)19-3-5-21(6-4-19)44-26-23(31)11-18(29(40)41)12-24(26)32/h3-7,10-12,17,20H,8-9,13-16H2,1-2H3,(H,34,35)(H,40,41). The second-order valence-electron chi connectivity index (χ2n) is 10.4. The molecule has 0 bridgehead atoms. The summed E-state index contributed by atoms with van der Waals surface area (Å²) in [5.41, 5.74) is 1.14. The van der Waals surface area contributed by atoms with E-state index >= 15 is 0 Å². The molecule has 5 rings (SSSR count). The summed E-state index contributed by atoms with van der Waals surface area (Å²) in [6.45, 7) is 2.99. The monoisotopic (exact) mass is 640 g/mol. The van der Waals surface area contributed by atoms with E-state index in [1.54, 1.807) is 18.3 Å². The van der Waals surface area contributed by atoms with Gasteiger partial charge in [-0.3, -0.25) is 19.6 Å². The number of thiazole rings is 1. The first-order valence-electron chi connectivity index (χ1n) is 13.8. The molecule has 12 nitrogen and oxygen atoms in total. The van der Waals surface area contributed by atoms with Gasteiger partial charge >= 0.3 is 11.9 Å². The molecule has 45 heavy (non-hydrogen) atoms. The minimum absolute atomic E-state index is 0.0614. The van der Waals surface area contributed by atoms with Gasteiger partial charge in [-0.25, -0.2) is 23.4 Å². The molecule has 0 saturated carbocycles. The number of nitrogens with one attached hydrogen (secondary N) is 1. The maximum Gasteiger partial charge on any atom is 0.337 e. The Morgan fingerprint density at radius 3 is 2.56 bits per heavy atom. The number of aliphatic imine (C=N–C) groups is 1. The van der Waals surface area contributed by atoms with Crippen molar-refractivity contribution < 1.29 is 37.7 Å². The number of amidine groups is 1. The van der Waals surface area contributed by atoms with Crippen molar-refractivity contribution in [2.45, 2.75) is 6.04 Å². The zero-order valence-corrected chi connectivity index (χ0v) is 25.2. The van der Waals surface area contributed by atoms with Crippen LogP contribution < -0.4 is 15.0 Å². The van der Waals surface area contributed by atoms with Crippen molar-refractivity contribution in [1.82, 2.24) is 20.1 Å². The van der Waals surface area contributed by atoms with Crippen molar-refractivity contribution in [3.05, 3.63) is 81.5 Å². The second kappa shape index (κ2) is 13.9. The quantitative estimate of drug-likeness (QED) is 0.238. The highest BCUT2D eigenvalue weighted by Gasteiger charge is 2.30. The number of amides is 1. The average Bonchev–Trinajstić information content (AvgIpc) is 3.58. The first-order chi connectivity index (χ1) is 21.7. The minimum Gasteiger partial charge on any atom is -0.478 e. The molecule has 2 aliphatic heterocycles. The van der Waals surface area contributed by atoms with Crippen LogP contribution in [-0.4, -0.2) is 104 Å². The van der Waals surface area contributed by atoms with Gasteiger partial charge in [-0.05, 0) is 43.4 Å². The molecular weight excluding hydrogens is 610 g/mol. The normalized spacial score (nSPS) is 17.3. The maximum absolute atomic E-state index is 14.3. The molecule has 1 aromatic heterocycles. The van der Waals surface area contributed by atoms with Crippen LogP contribution in [0.15, 0.2) is 64.2 Å². The Bertz CT molecular complexity index is 1610. The van der Waals surface area contributed by atoms with Gasteiger partial charge in [0.15, 0.2) is 28.2 Å². The SMILES string of the molecule is COC(=O)C1=C(CN2CCN(C)C(CN(C=O)c3ccc(Oc4c(F)cc(C(=O)O)cc4F)cc3)C2)NC(c2nccs2)=NC1. The number of esters is 1. The lowest BCUT2D eigenvalue weighted by molar-refractivity contribution is -0.136. The van der Waals surface area contributed by atoms with E-state index in [2.05, 4.69) is 25.1 Å². The van der Waals surface area contributed by atoms with Crippen molar-refractivity contribution in [1.29, 1.82) is 0 Å². The lowest BCUT2D eigenvalue weighted by Crippen LogP contribution is -2.56. The first-order valence-corrected chi connectivity index (χ1v) is 14.7. The van der Waals surface area contributed by atoms with E-state index in [0.717, 1.165) is 18.1 Å². The number of carboxylic acids is 1. The van der Waals surface area contributed by atoms with Gasteiger partial charge in [0, 0.05) is 61.7 Å².